The van der Waals surface area contributed by atoms with Crippen molar-refractivity contribution in [2.45, 2.75) is 62.6 Å². The number of carbonyl (C=O) groups is 3. The second-order valence-corrected chi connectivity index (χ2v) is 11.5. The highest BCUT2D eigenvalue weighted by atomic mass is 35.5. The average Bonchev–Trinajstić information content (AvgIpc) is 3.25. The number of hydrogen-bond acceptors (Lipinski definition) is 7. The molecule has 45 heavy (non-hydrogen) atoms. The Kier molecular flexibility index (Phi) is 9.18. The smallest absolute Gasteiger partial charge is 0.258 e. The third kappa shape index (κ3) is 6.97. The maximum Gasteiger partial charge on any atom is 0.258 e. The van der Waals surface area contributed by atoms with E-state index in [0.717, 1.165) is 21.9 Å². The number of rotatable bonds is 10. The Labute approximate surface area is 260 Å². The van der Waals surface area contributed by atoms with Gasteiger partial charge in [0.15, 0.2) is 5.78 Å². The van der Waals surface area contributed by atoms with Crippen LogP contribution in [0.5, 0.6) is 0 Å². The molecular formula is C31H26ClF4N5O4. The number of aliphatic hydroxyl groups is 1. The number of alkyl halides is 2. The van der Waals surface area contributed by atoms with E-state index in [1.54, 1.807) is 12.1 Å². The lowest BCUT2D eigenvalue weighted by Gasteiger charge is -2.36. The Morgan fingerprint density at radius 1 is 1.16 bits per heavy atom. The molecule has 0 bridgehead atoms. The van der Waals surface area contributed by atoms with Crippen LogP contribution in [-0.4, -0.2) is 50.7 Å². The van der Waals surface area contributed by atoms with Crippen LogP contribution in [0.3, 0.4) is 0 Å². The van der Waals surface area contributed by atoms with E-state index in [9.17, 15) is 42.3 Å². The fourth-order valence-corrected chi connectivity index (χ4v) is 6.05. The lowest BCUT2D eigenvalue weighted by atomic mass is 9.77. The van der Waals surface area contributed by atoms with Gasteiger partial charge in [0, 0.05) is 55.0 Å². The van der Waals surface area contributed by atoms with Gasteiger partial charge in [-0.05, 0) is 36.6 Å². The molecule has 2 aromatic carbocycles. The third-order valence-corrected chi connectivity index (χ3v) is 8.24. The first-order valence-corrected chi connectivity index (χ1v) is 14.4. The van der Waals surface area contributed by atoms with Crippen molar-refractivity contribution in [3.63, 3.8) is 0 Å². The zero-order chi connectivity index (χ0) is 32.5. The first-order chi connectivity index (χ1) is 21.4. The maximum atomic E-state index is 14.6. The lowest BCUT2D eigenvalue weighted by Crippen LogP contribution is -2.44. The largest absolute Gasteiger partial charge is 0.383 e. The maximum absolute atomic E-state index is 14.6. The van der Waals surface area contributed by atoms with Gasteiger partial charge in [0.1, 0.15) is 35.5 Å². The molecule has 234 valence electrons. The SMILES string of the molecule is N#Cc1ccnc(N2C(=O)[C@H](O)C[C@H]2CC(=O)N(c2cc(F)cc(F)c2)[C@H](C(=O)CCC2CC(F)(F)C2)c2ccccc2Cl)n1. The molecule has 0 unspecified atom stereocenters. The number of halogens is 5. The summed E-state index contributed by atoms with van der Waals surface area (Å²) in [6.07, 6.45) is -2.03. The van der Waals surface area contributed by atoms with Crippen molar-refractivity contribution in [1.29, 1.82) is 5.26 Å². The normalized spacial score (nSPS) is 19.9. The summed E-state index contributed by atoms with van der Waals surface area (Å²) < 4.78 is 56.0. The topological polar surface area (TPSA) is 127 Å². The Hall–Kier alpha value is -4.41. The van der Waals surface area contributed by atoms with Crippen molar-refractivity contribution in [3.8, 4) is 6.07 Å². The van der Waals surface area contributed by atoms with Crippen LogP contribution in [0.2, 0.25) is 5.02 Å². The van der Waals surface area contributed by atoms with Crippen molar-refractivity contribution in [3.05, 3.63) is 82.6 Å². The fraction of sp³-hybridized carbons (Fsp3) is 0.355. The molecule has 3 aromatic rings. The molecule has 14 heteroatoms. The molecule has 2 fully saturated rings. The van der Waals surface area contributed by atoms with Crippen molar-refractivity contribution in [2.75, 3.05) is 9.80 Å². The van der Waals surface area contributed by atoms with E-state index in [-0.39, 0.29) is 60.0 Å². The Morgan fingerprint density at radius 3 is 2.49 bits per heavy atom. The molecule has 5 rings (SSSR count). The molecule has 0 spiro atoms. The zero-order valence-corrected chi connectivity index (χ0v) is 24.3. The van der Waals surface area contributed by atoms with E-state index in [1.165, 1.54) is 24.4 Å². The molecule has 2 aliphatic rings. The van der Waals surface area contributed by atoms with Crippen LogP contribution in [0.15, 0.2) is 54.7 Å². The van der Waals surface area contributed by atoms with Gasteiger partial charge in [0.25, 0.3) is 5.91 Å². The molecule has 9 nitrogen and oxygen atoms in total. The van der Waals surface area contributed by atoms with Gasteiger partial charge in [-0.3, -0.25) is 24.2 Å². The summed E-state index contributed by atoms with van der Waals surface area (Å²) in [6, 6.07) is 8.88. The van der Waals surface area contributed by atoms with Crippen LogP contribution in [-0.2, 0) is 14.4 Å². The van der Waals surface area contributed by atoms with E-state index < -0.39 is 65.7 Å². The van der Waals surface area contributed by atoms with E-state index in [0.29, 0.717) is 6.07 Å². The number of nitriles is 1. The summed E-state index contributed by atoms with van der Waals surface area (Å²) in [7, 11) is 0. The minimum absolute atomic E-state index is 0.0653. The Balaban J connectivity index is 1.54. The quantitative estimate of drug-likeness (QED) is 0.297. The summed E-state index contributed by atoms with van der Waals surface area (Å²) in [5.41, 5.74) is -0.277. The lowest BCUT2D eigenvalue weighted by molar-refractivity contribution is -0.128. The Bertz CT molecular complexity index is 1660. The van der Waals surface area contributed by atoms with Gasteiger partial charge in [0.2, 0.25) is 17.8 Å². The third-order valence-electron chi connectivity index (χ3n) is 7.90. The predicted molar refractivity (Wildman–Crippen MR) is 153 cm³/mol. The van der Waals surface area contributed by atoms with Gasteiger partial charge in [-0.15, -0.1) is 0 Å². The highest BCUT2D eigenvalue weighted by Gasteiger charge is 2.46. The number of hydrogen-bond donors (Lipinski definition) is 1. The number of aromatic nitrogens is 2. The molecule has 1 saturated heterocycles. The first kappa shape index (κ1) is 32.0. The highest BCUT2D eigenvalue weighted by molar-refractivity contribution is 6.31. The van der Waals surface area contributed by atoms with Gasteiger partial charge in [-0.2, -0.15) is 5.26 Å². The molecule has 3 atom stereocenters. The van der Waals surface area contributed by atoms with Crippen LogP contribution < -0.4 is 9.80 Å². The van der Waals surface area contributed by atoms with Crippen molar-refractivity contribution < 1.29 is 37.1 Å². The number of aliphatic hydroxyl groups excluding tert-OH is 1. The molecule has 2 heterocycles. The molecule has 0 radical (unpaired) electrons. The van der Waals surface area contributed by atoms with Crippen molar-refractivity contribution >= 4 is 40.8 Å². The number of amides is 2. The monoisotopic (exact) mass is 643 g/mol. The number of carbonyl (C=O) groups excluding carboxylic acids is 3. The Morgan fingerprint density at radius 2 is 1.84 bits per heavy atom. The number of benzene rings is 2. The predicted octanol–water partition coefficient (Wildman–Crippen LogP) is 5.31. The van der Waals surface area contributed by atoms with Gasteiger partial charge in [0.05, 0.1) is 11.7 Å². The number of ketones is 1. The number of anilines is 2. The minimum Gasteiger partial charge on any atom is -0.383 e. The van der Waals surface area contributed by atoms with Crippen LogP contribution in [0.25, 0.3) is 0 Å². The summed E-state index contributed by atoms with van der Waals surface area (Å²) in [6.45, 7) is 0. The molecule has 1 N–H and O–H groups in total. The molecule has 1 aliphatic heterocycles. The van der Waals surface area contributed by atoms with Gasteiger partial charge in [-0.25, -0.2) is 27.5 Å². The van der Waals surface area contributed by atoms with E-state index >= 15 is 0 Å². The van der Waals surface area contributed by atoms with Crippen LogP contribution in [0, 0.1) is 28.9 Å². The van der Waals surface area contributed by atoms with Gasteiger partial charge >= 0.3 is 0 Å². The van der Waals surface area contributed by atoms with Crippen LogP contribution in [0.4, 0.5) is 29.2 Å². The van der Waals surface area contributed by atoms with Crippen LogP contribution in [0.1, 0.15) is 55.8 Å². The fourth-order valence-electron chi connectivity index (χ4n) is 5.81. The van der Waals surface area contributed by atoms with E-state index in [4.69, 9.17) is 11.6 Å². The van der Waals surface area contributed by atoms with Crippen LogP contribution >= 0.6 is 11.6 Å². The summed E-state index contributed by atoms with van der Waals surface area (Å²) in [4.78, 5) is 50.9. The second kappa shape index (κ2) is 12.9. The first-order valence-electron chi connectivity index (χ1n) is 14.0. The standard InChI is InChI=1S/C31H26ClF4N5O4/c32-24-4-2-1-3-23(24)28(25(42)6-5-17-14-31(35,36)15-17)40(21-10-18(33)9-19(34)11-21)27(44)13-22-12-26(43)29(45)41(22)30-38-8-7-20(16-37)39-30/h1-4,7-11,17,22,26,28,43H,5-6,12-15H2/t22-,26+,28-/m0/s1. The molecular weight excluding hydrogens is 618 g/mol. The zero-order valence-electron chi connectivity index (χ0n) is 23.5. The van der Waals surface area contributed by atoms with Crippen molar-refractivity contribution in [2.24, 2.45) is 5.92 Å². The number of Topliss-reactive ketones (excluding diaryl/α,β-unsaturated/α-hetero) is 1. The summed E-state index contributed by atoms with van der Waals surface area (Å²) >= 11 is 6.47. The summed E-state index contributed by atoms with van der Waals surface area (Å²) in [5.74, 6) is -7.87. The summed E-state index contributed by atoms with van der Waals surface area (Å²) in [5, 5.41) is 19.7. The van der Waals surface area contributed by atoms with Crippen molar-refractivity contribution in [1.82, 2.24) is 9.97 Å². The molecule has 1 aliphatic carbocycles. The molecule has 1 aromatic heterocycles. The minimum atomic E-state index is -2.80. The second-order valence-electron chi connectivity index (χ2n) is 11.1. The van der Waals surface area contributed by atoms with E-state index in [1.807, 2.05) is 6.07 Å². The molecule has 2 amide bonds. The average molecular weight is 644 g/mol. The van der Waals surface area contributed by atoms with E-state index in [2.05, 4.69) is 9.97 Å². The molecule has 1 saturated carbocycles. The number of nitrogens with zero attached hydrogens (tertiary/aromatic N) is 5. The highest BCUT2D eigenvalue weighted by Crippen LogP contribution is 2.45. The van der Waals surface area contributed by atoms with Gasteiger partial charge in [-0.1, -0.05) is 29.8 Å². The van der Waals surface area contributed by atoms with Gasteiger partial charge < -0.3 is 5.11 Å².